The minimum atomic E-state index is -4.37. The average molecular weight is 930 g/mol. The first-order valence-corrected chi connectivity index (χ1v) is 28.0. The van der Waals surface area contributed by atoms with Crippen molar-refractivity contribution in [2.24, 2.45) is 0 Å². The van der Waals surface area contributed by atoms with Gasteiger partial charge in [0, 0.05) is 6.42 Å². The molecular weight excluding hydrogens is 828 g/mol. The highest BCUT2D eigenvalue weighted by molar-refractivity contribution is 7.47. The molecule has 0 aromatic carbocycles. The lowest BCUT2D eigenvalue weighted by atomic mass is 10.0. The number of hydrogen-bond donors (Lipinski definition) is 3. The predicted octanol–water partition coefficient (Wildman–Crippen LogP) is 15.7. The topological polar surface area (TPSA) is 105 Å². The van der Waals surface area contributed by atoms with E-state index >= 15 is 0 Å². The van der Waals surface area contributed by atoms with Gasteiger partial charge in [-0.15, -0.1) is 0 Å². The number of rotatable bonds is 47. The summed E-state index contributed by atoms with van der Waals surface area (Å²) in [5.74, 6) is -0.220. The van der Waals surface area contributed by atoms with Crippen molar-refractivity contribution in [1.82, 2.24) is 5.32 Å². The molecule has 0 aliphatic rings. The molecule has 0 bridgehead atoms. The number of carbonyl (C=O) groups is 1. The second kappa shape index (κ2) is 46.8. The van der Waals surface area contributed by atoms with Crippen LogP contribution >= 0.6 is 7.82 Å². The molecule has 65 heavy (non-hydrogen) atoms. The van der Waals surface area contributed by atoms with Crippen LogP contribution in [0.5, 0.6) is 0 Å². The Morgan fingerprint density at radius 2 is 0.938 bits per heavy atom. The number of amides is 1. The number of quaternary nitrogens is 1. The number of carbonyl (C=O) groups excluding carboxylic acids is 1. The molecule has 3 unspecified atom stereocenters. The number of aliphatic hydroxyl groups is 1. The van der Waals surface area contributed by atoms with E-state index < -0.39 is 20.0 Å². The molecule has 0 aromatic rings. The van der Waals surface area contributed by atoms with Gasteiger partial charge in [-0.05, 0) is 77.0 Å². The third-order valence-corrected chi connectivity index (χ3v) is 12.3. The van der Waals surface area contributed by atoms with Crippen molar-refractivity contribution in [2.45, 2.75) is 225 Å². The molecule has 376 valence electrons. The van der Waals surface area contributed by atoms with Crippen LogP contribution in [0.4, 0.5) is 0 Å². The number of phosphoric ester groups is 1. The largest absolute Gasteiger partial charge is 0.472 e. The summed E-state index contributed by atoms with van der Waals surface area (Å²) in [6.45, 7) is 4.65. The molecule has 0 saturated carbocycles. The van der Waals surface area contributed by atoms with E-state index in [0.29, 0.717) is 23.9 Å². The van der Waals surface area contributed by atoms with E-state index in [-0.39, 0.29) is 19.1 Å². The number of allylic oxidation sites excluding steroid dienone is 13. The zero-order chi connectivity index (χ0) is 47.8. The third-order valence-electron chi connectivity index (χ3n) is 11.3. The van der Waals surface area contributed by atoms with Gasteiger partial charge in [-0.2, -0.15) is 0 Å². The minimum Gasteiger partial charge on any atom is -0.387 e. The Labute approximate surface area is 401 Å². The fourth-order valence-corrected chi connectivity index (χ4v) is 7.94. The van der Waals surface area contributed by atoms with Gasteiger partial charge in [-0.3, -0.25) is 13.8 Å². The third kappa shape index (κ3) is 49.4. The van der Waals surface area contributed by atoms with E-state index in [2.05, 4.69) is 92.1 Å². The first-order valence-electron chi connectivity index (χ1n) is 26.5. The minimum absolute atomic E-state index is 0.0451. The lowest BCUT2D eigenvalue weighted by Crippen LogP contribution is -2.45. The molecule has 0 fully saturated rings. The van der Waals surface area contributed by atoms with Crippen molar-refractivity contribution < 1.29 is 32.9 Å². The predicted molar refractivity (Wildman–Crippen MR) is 281 cm³/mol. The summed E-state index contributed by atoms with van der Waals surface area (Å²) in [4.78, 5) is 23.2. The number of aliphatic hydroxyl groups excluding tert-OH is 1. The molecule has 0 radical (unpaired) electrons. The van der Waals surface area contributed by atoms with E-state index in [4.69, 9.17) is 9.05 Å². The second-order valence-corrected chi connectivity index (χ2v) is 20.3. The van der Waals surface area contributed by atoms with Crippen molar-refractivity contribution in [3.05, 3.63) is 85.1 Å². The van der Waals surface area contributed by atoms with Gasteiger partial charge in [0.05, 0.1) is 39.9 Å². The van der Waals surface area contributed by atoms with Gasteiger partial charge in [-0.25, -0.2) is 4.57 Å². The summed E-state index contributed by atoms with van der Waals surface area (Å²) in [7, 11) is 1.52. The number of nitrogens with zero attached hydrogens (tertiary/aromatic N) is 1. The fraction of sp³-hybridized carbons (Fsp3) is 0.732. The van der Waals surface area contributed by atoms with Crippen LogP contribution in [-0.4, -0.2) is 73.4 Å². The standard InChI is InChI=1S/C56H101N2O6P/c1-6-8-10-12-14-16-18-20-22-24-26-27-28-29-30-32-33-35-37-39-41-43-45-47-49-55(59)54(53-64-65(61,62)63-52-51-58(3,4)5)57-56(60)50-48-46-44-42-40-38-36-34-31-25-23-21-19-17-15-13-11-9-7-2/h9,11,15,17,21,23,31,34,38-41,47,49,54-55,59H,6-8,10,12-14,16,18-20,22,24-30,32-33,35-37,42-46,48,50-53H2,1-5H3,(H-,57,60,61,62)/p+1/b11-9-,17-15-,23-21-,34-31-,40-38-,41-39+,49-47+. The maximum absolute atomic E-state index is 12.9. The molecule has 1 amide bonds. The van der Waals surface area contributed by atoms with Gasteiger partial charge < -0.3 is 19.8 Å². The van der Waals surface area contributed by atoms with E-state index in [1.165, 1.54) is 116 Å². The highest BCUT2D eigenvalue weighted by Gasteiger charge is 2.27. The maximum atomic E-state index is 12.9. The molecule has 8 nitrogen and oxygen atoms in total. The molecule has 0 heterocycles. The van der Waals surface area contributed by atoms with Crippen LogP contribution in [0.25, 0.3) is 0 Å². The monoisotopic (exact) mass is 930 g/mol. The number of nitrogens with one attached hydrogen (secondary N) is 1. The van der Waals surface area contributed by atoms with Gasteiger partial charge in [0.15, 0.2) is 0 Å². The number of hydrogen-bond acceptors (Lipinski definition) is 5. The van der Waals surface area contributed by atoms with Crippen LogP contribution in [0.3, 0.4) is 0 Å². The summed E-state index contributed by atoms with van der Waals surface area (Å²) in [5.41, 5.74) is 0. The van der Waals surface area contributed by atoms with Gasteiger partial charge >= 0.3 is 7.82 Å². The Kier molecular flexibility index (Phi) is 45.1. The van der Waals surface area contributed by atoms with Crippen LogP contribution in [0.2, 0.25) is 0 Å². The van der Waals surface area contributed by atoms with Crippen LogP contribution in [0.15, 0.2) is 85.1 Å². The van der Waals surface area contributed by atoms with Crippen LogP contribution in [-0.2, 0) is 18.4 Å². The number of unbranched alkanes of at least 4 members (excludes halogenated alkanes) is 22. The number of phosphoric acid groups is 1. The zero-order valence-corrected chi connectivity index (χ0v) is 43.6. The highest BCUT2D eigenvalue weighted by atomic mass is 31.2. The average Bonchev–Trinajstić information content (AvgIpc) is 3.26. The van der Waals surface area contributed by atoms with Crippen molar-refractivity contribution in [3.63, 3.8) is 0 Å². The summed E-state index contributed by atoms with van der Waals surface area (Å²) < 4.78 is 23.6. The molecule has 9 heteroatoms. The SMILES string of the molecule is CC/C=C\C/C=C\C/C=C\C/C=C\C/C=C\CCCCCC(=O)NC(COP(=O)(O)OCC[N+](C)(C)C)C(O)/C=C/CC/C=C/CCCCCCCCCCCCCCCCCCCC. The Balaban J connectivity index is 4.40. The molecule has 0 saturated heterocycles. The Morgan fingerprint density at radius 3 is 1.42 bits per heavy atom. The lowest BCUT2D eigenvalue weighted by Gasteiger charge is -2.25. The van der Waals surface area contributed by atoms with Gasteiger partial charge in [0.25, 0.3) is 0 Å². The zero-order valence-electron chi connectivity index (χ0n) is 42.7. The molecule has 0 spiro atoms. The van der Waals surface area contributed by atoms with Crippen molar-refractivity contribution in [1.29, 1.82) is 0 Å². The van der Waals surface area contributed by atoms with E-state index in [1.807, 2.05) is 27.2 Å². The maximum Gasteiger partial charge on any atom is 0.472 e. The van der Waals surface area contributed by atoms with Crippen LogP contribution < -0.4 is 5.32 Å². The van der Waals surface area contributed by atoms with Gasteiger partial charge in [0.1, 0.15) is 13.2 Å². The summed E-state index contributed by atoms with van der Waals surface area (Å²) in [6, 6.07) is -0.886. The summed E-state index contributed by atoms with van der Waals surface area (Å²) in [5, 5.41) is 13.9. The second-order valence-electron chi connectivity index (χ2n) is 18.9. The Bertz CT molecular complexity index is 1330. The molecule has 3 N–H and O–H groups in total. The summed E-state index contributed by atoms with van der Waals surface area (Å²) in [6.07, 6.45) is 65.4. The molecular formula is C56H102N2O6P+. The fourth-order valence-electron chi connectivity index (χ4n) is 7.20. The highest BCUT2D eigenvalue weighted by Crippen LogP contribution is 2.43. The molecule has 3 atom stereocenters. The molecule has 0 aromatic heterocycles. The lowest BCUT2D eigenvalue weighted by molar-refractivity contribution is -0.870. The van der Waals surface area contributed by atoms with Crippen molar-refractivity contribution in [2.75, 3.05) is 40.9 Å². The Hall–Kier alpha value is -2.32. The van der Waals surface area contributed by atoms with E-state index in [9.17, 15) is 19.4 Å². The van der Waals surface area contributed by atoms with Crippen LogP contribution in [0, 0.1) is 0 Å². The molecule has 0 rings (SSSR count). The normalized spacial score (nSPS) is 14.8. The van der Waals surface area contributed by atoms with Gasteiger partial charge in [-0.1, -0.05) is 214 Å². The molecule has 0 aliphatic heterocycles. The quantitative estimate of drug-likeness (QED) is 0.0243. The van der Waals surface area contributed by atoms with Gasteiger partial charge in [0.2, 0.25) is 5.91 Å². The van der Waals surface area contributed by atoms with E-state index in [0.717, 1.165) is 70.6 Å². The first-order chi connectivity index (χ1) is 31.5. The number of likely N-dealkylation sites (N-methyl/N-ethyl adjacent to an activating group) is 1. The summed E-state index contributed by atoms with van der Waals surface area (Å²) >= 11 is 0. The van der Waals surface area contributed by atoms with Crippen molar-refractivity contribution in [3.8, 4) is 0 Å². The first kappa shape index (κ1) is 62.7. The smallest absolute Gasteiger partial charge is 0.387 e. The Morgan fingerprint density at radius 1 is 0.538 bits per heavy atom. The van der Waals surface area contributed by atoms with Crippen molar-refractivity contribution >= 4 is 13.7 Å². The van der Waals surface area contributed by atoms with E-state index in [1.54, 1.807) is 6.08 Å². The molecule has 0 aliphatic carbocycles. The van der Waals surface area contributed by atoms with Crippen LogP contribution in [0.1, 0.15) is 213 Å².